The summed E-state index contributed by atoms with van der Waals surface area (Å²) in [5.74, 6) is -1.16. The first kappa shape index (κ1) is 20.5. The van der Waals surface area contributed by atoms with Crippen molar-refractivity contribution in [2.24, 2.45) is 5.41 Å². The van der Waals surface area contributed by atoms with Gasteiger partial charge in [0.1, 0.15) is 11.6 Å². The number of nitrogens with one attached hydrogen (secondary N) is 2. The summed E-state index contributed by atoms with van der Waals surface area (Å²) in [6, 6.07) is 14.1. The molecule has 0 spiro atoms. The van der Waals surface area contributed by atoms with Gasteiger partial charge in [-0.25, -0.2) is 4.98 Å². The summed E-state index contributed by atoms with van der Waals surface area (Å²) < 4.78 is 1.10. The smallest absolute Gasteiger partial charge is 0.304 e. The Hall–Kier alpha value is -2.77. The van der Waals surface area contributed by atoms with E-state index in [2.05, 4.69) is 36.5 Å². The van der Waals surface area contributed by atoms with Crippen LogP contribution in [0.15, 0.2) is 42.5 Å². The van der Waals surface area contributed by atoms with Crippen LogP contribution in [-0.4, -0.2) is 36.1 Å². The third-order valence-corrected chi connectivity index (χ3v) is 6.62. The molecule has 156 valence electrons. The van der Waals surface area contributed by atoms with Crippen LogP contribution in [0.25, 0.3) is 10.2 Å². The number of carbonyl (C=O) groups excluding carboxylic acids is 1. The Balaban J connectivity index is 1.49. The number of carbonyl (C=O) groups is 2. The Bertz CT molecular complexity index is 1080. The lowest BCUT2D eigenvalue weighted by Gasteiger charge is -2.25. The highest BCUT2D eigenvalue weighted by atomic mass is 32.1. The minimum Gasteiger partial charge on any atom is -0.481 e. The van der Waals surface area contributed by atoms with Crippen LogP contribution >= 0.6 is 11.3 Å². The molecule has 0 bridgehead atoms. The fourth-order valence-corrected chi connectivity index (χ4v) is 5.27. The lowest BCUT2D eigenvalue weighted by molar-refractivity contribution is -0.872. The molecule has 1 aliphatic carbocycles. The number of quaternary nitrogens is 1. The van der Waals surface area contributed by atoms with Gasteiger partial charge < -0.3 is 15.3 Å². The molecule has 6 nitrogen and oxygen atoms in total. The van der Waals surface area contributed by atoms with E-state index >= 15 is 0 Å². The number of nitrogens with zero attached hydrogens (tertiary/aromatic N) is 1. The van der Waals surface area contributed by atoms with Crippen LogP contribution in [0.3, 0.4) is 0 Å². The third-order valence-electron chi connectivity index (χ3n) is 5.60. The van der Waals surface area contributed by atoms with Gasteiger partial charge in [-0.2, -0.15) is 0 Å². The molecule has 1 amide bonds. The van der Waals surface area contributed by atoms with Crippen molar-refractivity contribution < 1.29 is 19.6 Å². The molecule has 1 aliphatic rings. The van der Waals surface area contributed by atoms with Crippen molar-refractivity contribution >= 4 is 33.4 Å². The molecule has 2 aromatic carbocycles. The van der Waals surface area contributed by atoms with E-state index < -0.39 is 11.4 Å². The summed E-state index contributed by atoms with van der Waals surface area (Å²) in [6.07, 6.45) is 0.734. The molecule has 0 aliphatic heterocycles. The Morgan fingerprint density at radius 2 is 1.87 bits per heavy atom. The highest BCUT2D eigenvalue weighted by Crippen LogP contribution is 2.40. The number of hydrogen-bond acceptors (Lipinski definition) is 4. The quantitative estimate of drug-likeness (QED) is 0.540. The molecule has 1 heterocycles. The van der Waals surface area contributed by atoms with Gasteiger partial charge in [0.15, 0.2) is 0 Å². The van der Waals surface area contributed by atoms with Crippen LogP contribution in [0.2, 0.25) is 0 Å². The first-order chi connectivity index (χ1) is 14.3. The number of amides is 1. The zero-order valence-electron chi connectivity index (χ0n) is 17.2. The molecule has 30 heavy (non-hydrogen) atoms. The number of carboxylic acid groups (broad SMARTS) is 1. The van der Waals surface area contributed by atoms with E-state index in [0.29, 0.717) is 19.4 Å². The Kier molecular flexibility index (Phi) is 5.58. The van der Waals surface area contributed by atoms with Crippen LogP contribution in [0.4, 0.5) is 0 Å². The van der Waals surface area contributed by atoms with E-state index in [1.54, 1.807) is 11.3 Å². The Morgan fingerprint density at radius 3 is 2.50 bits per heavy atom. The standard InChI is InChI=1S/C23H25N3O3S/c1-26(2)14-15-7-8-18-19(9-15)30-20(25-18)13-24-22(29)23(12-21(27)28)10-16-5-3-4-6-17(16)11-23/h3-9H,10-14H2,1-2H3,(H,24,29)(H,27,28)/p+1. The number of aromatic nitrogens is 1. The van der Waals surface area contributed by atoms with E-state index in [0.717, 1.165) is 32.9 Å². The zero-order valence-corrected chi connectivity index (χ0v) is 18.0. The highest BCUT2D eigenvalue weighted by molar-refractivity contribution is 7.18. The summed E-state index contributed by atoms with van der Waals surface area (Å²) >= 11 is 1.57. The molecule has 1 aromatic heterocycles. The second-order valence-corrected chi connectivity index (χ2v) is 9.56. The predicted molar refractivity (Wildman–Crippen MR) is 117 cm³/mol. The monoisotopic (exact) mass is 424 g/mol. The number of aliphatic carboxylic acids is 1. The predicted octanol–water partition coefficient (Wildman–Crippen LogP) is 1.82. The van der Waals surface area contributed by atoms with Crippen molar-refractivity contribution in [1.82, 2.24) is 10.3 Å². The third kappa shape index (κ3) is 4.22. The number of rotatable bonds is 7. The summed E-state index contributed by atoms with van der Waals surface area (Å²) in [6.45, 7) is 1.25. The fraction of sp³-hybridized carbons (Fsp3) is 0.348. The first-order valence-corrected chi connectivity index (χ1v) is 10.9. The van der Waals surface area contributed by atoms with Crippen molar-refractivity contribution in [2.45, 2.75) is 32.4 Å². The molecule has 0 saturated heterocycles. The molecular formula is C23H26N3O3S+. The molecule has 0 fully saturated rings. The maximum atomic E-state index is 13.1. The summed E-state index contributed by atoms with van der Waals surface area (Å²) in [5.41, 5.74) is 3.36. The maximum Gasteiger partial charge on any atom is 0.304 e. The van der Waals surface area contributed by atoms with Gasteiger partial charge in [-0.3, -0.25) is 9.59 Å². The van der Waals surface area contributed by atoms with Gasteiger partial charge in [0.05, 0.1) is 42.7 Å². The van der Waals surface area contributed by atoms with E-state index in [1.165, 1.54) is 10.5 Å². The molecule has 7 heteroatoms. The van der Waals surface area contributed by atoms with Crippen LogP contribution in [0.5, 0.6) is 0 Å². The zero-order chi connectivity index (χ0) is 21.3. The average molecular weight is 425 g/mol. The SMILES string of the molecule is C[NH+](C)Cc1ccc2nc(CNC(=O)C3(CC(=O)O)Cc4ccccc4C3)sc2c1. The van der Waals surface area contributed by atoms with E-state index in [-0.39, 0.29) is 12.3 Å². The second-order valence-electron chi connectivity index (χ2n) is 8.45. The number of hydrogen-bond donors (Lipinski definition) is 3. The molecule has 4 rings (SSSR count). The molecule has 0 radical (unpaired) electrons. The Labute approximate surface area is 179 Å². The van der Waals surface area contributed by atoms with Gasteiger partial charge in [0.25, 0.3) is 0 Å². The van der Waals surface area contributed by atoms with Gasteiger partial charge in [-0.05, 0) is 36.1 Å². The van der Waals surface area contributed by atoms with E-state index in [4.69, 9.17) is 0 Å². The number of carboxylic acids is 1. The molecule has 0 unspecified atom stereocenters. The van der Waals surface area contributed by atoms with Crippen LogP contribution < -0.4 is 10.2 Å². The number of benzene rings is 2. The van der Waals surface area contributed by atoms with Gasteiger partial charge in [-0.1, -0.05) is 30.3 Å². The van der Waals surface area contributed by atoms with E-state index in [1.807, 2.05) is 30.3 Å². The Morgan fingerprint density at radius 1 is 1.17 bits per heavy atom. The lowest BCUT2D eigenvalue weighted by Crippen LogP contribution is -3.04. The summed E-state index contributed by atoms with van der Waals surface area (Å²) in [4.78, 5) is 30.6. The first-order valence-electron chi connectivity index (χ1n) is 10.1. The van der Waals surface area contributed by atoms with Gasteiger partial charge >= 0.3 is 5.97 Å². The van der Waals surface area contributed by atoms with Crippen molar-refractivity contribution in [3.05, 3.63) is 64.2 Å². The molecular weight excluding hydrogens is 398 g/mol. The van der Waals surface area contributed by atoms with Gasteiger partial charge in [0.2, 0.25) is 5.91 Å². The van der Waals surface area contributed by atoms with Crippen LogP contribution in [-0.2, 0) is 35.5 Å². The van der Waals surface area contributed by atoms with Crippen molar-refractivity contribution in [1.29, 1.82) is 0 Å². The summed E-state index contributed by atoms with van der Waals surface area (Å²) in [7, 11) is 4.23. The minimum atomic E-state index is -0.950. The normalized spacial score (nSPS) is 14.8. The largest absolute Gasteiger partial charge is 0.481 e. The topological polar surface area (TPSA) is 83.7 Å². The van der Waals surface area contributed by atoms with E-state index in [9.17, 15) is 14.7 Å². The highest BCUT2D eigenvalue weighted by Gasteiger charge is 2.45. The van der Waals surface area contributed by atoms with Crippen LogP contribution in [0.1, 0.15) is 28.1 Å². The fourth-order valence-electron chi connectivity index (χ4n) is 4.30. The number of thiazole rings is 1. The van der Waals surface area contributed by atoms with Gasteiger partial charge in [-0.15, -0.1) is 11.3 Å². The average Bonchev–Trinajstić information content (AvgIpc) is 3.25. The van der Waals surface area contributed by atoms with Crippen LogP contribution in [0, 0.1) is 5.41 Å². The molecule has 3 N–H and O–H groups in total. The minimum absolute atomic E-state index is 0.177. The molecule has 0 atom stereocenters. The lowest BCUT2D eigenvalue weighted by atomic mass is 9.80. The number of fused-ring (bicyclic) bond motifs is 2. The maximum absolute atomic E-state index is 13.1. The van der Waals surface area contributed by atoms with Crippen molar-refractivity contribution in [3.63, 3.8) is 0 Å². The van der Waals surface area contributed by atoms with Gasteiger partial charge in [0, 0.05) is 5.56 Å². The summed E-state index contributed by atoms with van der Waals surface area (Å²) in [5, 5.41) is 13.2. The van der Waals surface area contributed by atoms with Crippen molar-refractivity contribution in [2.75, 3.05) is 14.1 Å². The van der Waals surface area contributed by atoms with Crippen molar-refractivity contribution in [3.8, 4) is 0 Å². The molecule has 3 aromatic rings. The molecule has 0 saturated carbocycles. The second kappa shape index (κ2) is 8.16.